The number of rotatable bonds is 4. The zero-order valence-corrected chi connectivity index (χ0v) is 36.7. The van der Waals surface area contributed by atoms with Crippen LogP contribution in [0, 0.1) is 0 Å². The molecule has 0 radical (unpaired) electrons. The van der Waals surface area contributed by atoms with Gasteiger partial charge in [0.1, 0.15) is 0 Å². The van der Waals surface area contributed by atoms with Crippen molar-refractivity contribution in [3.8, 4) is 33.9 Å². The second kappa shape index (κ2) is 14.2. The number of hydrogen-bond acceptors (Lipinski definition) is 2. The third kappa shape index (κ3) is 5.31. The molecule has 0 amide bonds. The molecule has 0 spiro atoms. The van der Waals surface area contributed by atoms with Gasteiger partial charge in [0.05, 0.1) is 50.2 Å². The quantitative estimate of drug-likeness (QED) is 0.165. The van der Waals surface area contributed by atoms with Crippen LogP contribution in [-0.4, -0.2) is 19.1 Å². The summed E-state index contributed by atoms with van der Waals surface area (Å²) in [6.45, 7) is 0. The van der Waals surface area contributed by atoms with E-state index in [4.69, 9.17) is 9.97 Å². The van der Waals surface area contributed by atoms with Gasteiger partial charge in [-0.1, -0.05) is 164 Å². The Kier molecular flexibility index (Phi) is 7.75. The molecule has 4 heteroatoms. The minimum atomic E-state index is 0.866. The summed E-state index contributed by atoms with van der Waals surface area (Å²) in [5.41, 5.74) is 12.5. The topological polar surface area (TPSA) is 35.6 Å². The average Bonchev–Trinajstić information content (AvgIpc) is 3.92. The van der Waals surface area contributed by atoms with Crippen LogP contribution in [0.5, 0.6) is 0 Å². The highest BCUT2D eigenvalue weighted by Crippen LogP contribution is 2.44. The van der Waals surface area contributed by atoms with E-state index in [1.807, 2.05) is 12.1 Å². The van der Waals surface area contributed by atoms with Gasteiger partial charge in [0.25, 0.3) is 0 Å². The molecule has 0 fully saturated rings. The van der Waals surface area contributed by atoms with Crippen molar-refractivity contribution >= 4 is 109 Å². The Hall–Kier alpha value is -9.12. The molecular formula is C64H38N4. The molecule has 0 aliphatic carbocycles. The van der Waals surface area contributed by atoms with E-state index in [2.05, 4.69) is 228 Å². The van der Waals surface area contributed by atoms with E-state index < -0.39 is 0 Å². The molecule has 0 N–H and O–H groups in total. The van der Waals surface area contributed by atoms with Gasteiger partial charge in [-0.15, -0.1) is 0 Å². The molecule has 0 atom stereocenters. The molecule has 4 nitrogen and oxygen atoms in total. The van der Waals surface area contributed by atoms with Crippen molar-refractivity contribution in [2.45, 2.75) is 0 Å². The smallest absolute Gasteiger partial charge is 0.0979 e. The SMILES string of the molecule is c1ccc2cc3c(cc2c1)c1c(-n2c4ccccc4c4ccccc42)cccc1n3-c1ccc2c(-c3nc4ccccc4nc3-c3ccc4c5ccccc5c5ccccc5c4c3)cccc2c1. The molecule has 15 aromatic rings. The zero-order chi connectivity index (χ0) is 44.5. The highest BCUT2D eigenvalue weighted by atomic mass is 15.0. The van der Waals surface area contributed by atoms with Crippen molar-refractivity contribution in [3.05, 3.63) is 231 Å². The molecule has 0 bridgehead atoms. The maximum Gasteiger partial charge on any atom is 0.0979 e. The molecule has 3 aromatic heterocycles. The van der Waals surface area contributed by atoms with Crippen LogP contribution >= 0.6 is 0 Å². The molecule has 68 heavy (non-hydrogen) atoms. The number of para-hydroxylation sites is 4. The number of hydrogen-bond donors (Lipinski definition) is 0. The largest absolute Gasteiger partial charge is 0.309 e. The van der Waals surface area contributed by atoms with Gasteiger partial charge in [-0.25, -0.2) is 9.97 Å². The first-order valence-electron chi connectivity index (χ1n) is 23.3. The molecule has 0 aliphatic heterocycles. The van der Waals surface area contributed by atoms with E-state index in [0.29, 0.717) is 0 Å². The second-order valence-corrected chi connectivity index (χ2v) is 18.1. The van der Waals surface area contributed by atoms with Crippen LogP contribution in [0.1, 0.15) is 0 Å². The summed E-state index contributed by atoms with van der Waals surface area (Å²) in [7, 11) is 0. The maximum atomic E-state index is 5.45. The Morgan fingerprint density at radius 2 is 0.809 bits per heavy atom. The van der Waals surface area contributed by atoms with Crippen LogP contribution < -0.4 is 0 Å². The van der Waals surface area contributed by atoms with Gasteiger partial charge < -0.3 is 9.13 Å². The van der Waals surface area contributed by atoms with Crippen molar-refractivity contribution in [2.24, 2.45) is 0 Å². The van der Waals surface area contributed by atoms with Gasteiger partial charge in [0, 0.05) is 38.4 Å². The first-order chi connectivity index (χ1) is 33.7. The predicted molar refractivity (Wildman–Crippen MR) is 287 cm³/mol. The fourth-order valence-corrected chi connectivity index (χ4v) is 11.4. The van der Waals surface area contributed by atoms with E-state index in [1.54, 1.807) is 0 Å². The van der Waals surface area contributed by atoms with E-state index in [0.717, 1.165) is 55.5 Å². The summed E-state index contributed by atoms with van der Waals surface area (Å²) < 4.78 is 4.92. The van der Waals surface area contributed by atoms with Crippen LogP contribution in [-0.2, 0) is 0 Å². The summed E-state index contributed by atoms with van der Waals surface area (Å²) in [6, 6.07) is 83.9. The molecular weight excluding hydrogens is 825 g/mol. The fraction of sp³-hybridized carbons (Fsp3) is 0. The van der Waals surface area contributed by atoms with Gasteiger partial charge in [-0.05, 0) is 121 Å². The van der Waals surface area contributed by atoms with Gasteiger partial charge >= 0.3 is 0 Å². The zero-order valence-electron chi connectivity index (χ0n) is 36.7. The van der Waals surface area contributed by atoms with Crippen LogP contribution in [0.25, 0.3) is 142 Å². The van der Waals surface area contributed by atoms with Crippen LogP contribution in [0.3, 0.4) is 0 Å². The molecule has 0 unspecified atom stereocenters. The summed E-state index contributed by atoms with van der Waals surface area (Å²) in [5.74, 6) is 0. The molecule has 0 saturated heterocycles. The Morgan fingerprint density at radius 1 is 0.279 bits per heavy atom. The van der Waals surface area contributed by atoms with Crippen molar-refractivity contribution < 1.29 is 0 Å². The lowest BCUT2D eigenvalue weighted by Gasteiger charge is -2.16. The lowest BCUT2D eigenvalue weighted by molar-refractivity contribution is 1.17. The van der Waals surface area contributed by atoms with E-state index in [9.17, 15) is 0 Å². The van der Waals surface area contributed by atoms with Crippen LogP contribution in [0.15, 0.2) is 231 Å². The average molecular weight is 863 g/mol. The summed E-state index contributed by atoms with van der Waals surface area (Å²) in [4.78, 5) is 10.9. The first kappa shape index (κ1) is 37.1. The highest BCUT2D eigenvalue weighted by Gasteiger charge is 2.22. The Morgan fingerprint density at radius 3 is 1.51 bits per heavy atom. The third-order valence-corrected chi connectivity index (χ3v) is 14.4. The lowest BCUT2D eigenvalue weighted by Crippen LogP contribution is -1.98. The van der Waals surface area contributed by atoms with E-state index in [-0.39, 0.29) is 0 Å². The fourth-order valence-electron chi connectivity index (χ4n) is 11.4. The molecule has 12 aromatic carbocycles. The van der Waals surface area contributed by atoms with Crippen LogP contribution in [0.2, 0.25) is 0 Å². The predicted octanol–water partition coefficient (Wildman–Crippen LogP) is 16.9. The number of fused-ring (bicyclic) bond motifs is 15. The molecule has 314 valence electrons. The maximum absolute atomic E-state index is 5.45. The minimum Gasteiger partial charge on any atom is -0.309 e. The third-order valence-electron chi connectivity index (χ3n) is 14.4. The highest BCUT2D eigenvalue weighted by molar-refractivity contribution is 6.26. The monoisotopic (exact) mass is 862 g/mol. The minimum absolute atomic E-state index is 0.866. The Bertz CT molecular complexity index is 4540. The van der Waals surface area contributed by atoms with Crippen molar-refractivity contribution in [1.29, 1.82) is 0 Å². The Balaban J connectivity index is 0.962. The van der Waals surface area contributed by atoms with Crippen molar-refractivity contribution in [1.82, 2.24) is 19.1 Å². The van der Waals surface area contributed by atoms with Crippen molar-refractivity contribution in [2.75, 3.05) is 0 Å². The van der Waals surface area contributed by atoms with Gasteiger partial charge in [0.2, 0.25) is 0 Å². The normalized spacial score (nSPS) is 12.1. The van der Waals surface area contributed by atoms with Crippen LogP contribution in [0.4, 0.5) is 0 Å². The van der Waals surface area contributed by atoms with Gasteiger partial charge in [-0.2, -0.15) is 0 Å². The summed E-state index contributed by atoms with van der Waals surface area (Å²) in [5, 5.41) is 17.1. The number of benzene rings is 12. The van der Waals surface area contributed by atoms with E-state index >= 15 is 0 Å². The Labute approximate surface area is 390 Å². The molecule has 15 rings (SSSR count). The molecule has 0 saturated carbocycles. The van der Waals surface area contributed by atoms with Gasteiger partial charge in [0.15, 0.2) is 0 Å². The van der Waals surface area contributed by atoms with Gasteiger partial charge in [-0.3, -0.25) is 0 Å². The number of aromatic nitrogens is 4. The summed E-state index contributed by atoms with van der Waals surface area (Å²) >= 11 is 0. The summed E-state index contributed by atoms with van der Waals surface area (Å²) in [6.07, 6.45) is 0. The second-order valence-electron chi connectivity index (χ2n) is 18.1. The lowest BCUT2D eigenvalue weighted by atomic mass is 9.92. The van der Waals surface area contributed by atoms with Crippen molar-refractivity contribution in [3.63, 3.8) is 0 Å². The molecule has 0 aliphatic rings. The first-order valence-corrected chi connectivity index (χ1v) is 23.3. The van der Waals surface area contributed by atoms with E-state index in [1.165, 1.54) is 86.9 Å². The number of nitrogens with zero attached hydrogens (tertiary/aromatic N) is 4. The molecule has 3 heterocycles. The standard InChI is InChI=1S/C64H38N4/c1-2-16-40-38-61-54(36-39(40)15-1)62-59(29-14-30-60(62)68-57-27-11-7-22-50(57)51-23-8-12-28-58(51)68)67(61)43-32-34-44-41(35-43)17-13-24-52(44)64-63(65-55-25-9-10-26-56(55)66-64)42-31-33-49-47-20-4-3-18-45(47)46-19-5-6-21-48(46)53(49)37-42/h1-38H.